The Bertz CT molecular complexity index is 315. The highest BCUT2D eigenvalue weighted by molar-refractivity contribution is 5.95. The Labute approximate surface area is 77.9 Å². The number of nitrogens with one attached hydrogen (secondary N) is 1. The Morgan fingerprint density at radius 1 is 1.62 bits per heavy atom. The summed E-state index contributed by atoms with van der Waals surface area (Å²) in [5.41, 5.74) is 1.64. The monoisotopic (exact) mass is 181 g/mol. The molecule has 0 fully saturated rings. The van der Waals surface area contributed by atoms with Crippen LogP contribution in [0.4, 0.5) is 0 Å². The highest BCUT2D eigenvalue weighted by Crippen LogP contribution is 2.17. The van der Waals surface area contributed by atoms with Gasteiger partial charge in [0, 0.05) is 14.1 Å². The molecule has 72 valence electrons. The van der Waals surface area contributed by atoms with Crippen LogP contribution in [-0.4, -0.2) is 22.7 Å². The second kappa shape index (κ2) is 3.60. The number of hydrogen-bond donors (Lipinski definition) is 1. The van der Waals surface area contributed by atoms with Crippen LogP contribution in [0.5, 0.6) is 0 Å². The standard InChI is InChI=1S/C9H15N3O/c1-6(2)8-7(9(13)10-3)5-11-12(8)4/h5-6H,1-4H3,(H,10,13). The highest BCUT2D eigenvalue weighted by Gasteiger charge is 2.16. The third-order valence-corrected chi connectivity index (χ3v) is 2.00. The molecule has 0 saturated heterocycles. The first-order valence-electron chi connectivity index (χ1n) is 4.32. The van der Waals surface area contributed by atoms with Crippen molar-refractivity contribution < 1.29 is 4.79 Å². The molecule has 1 rings (SSSR count). The van der Waals surface area contributed by atoms with E-state index in [4.69, 9.17) is 0 Å². The molecule has 1 aromatic rings. The fraction of sp³-hybridized carbons (Fsp3) is 0.556. The maximum atomic E-state index is 11.4. The first-order valence-corrected chi connectivity index (χ1v) is 4.32. The maximum Gasteiger partial charge on any atom is 0.254 e. The molecule has 0 spiro atoms. The SMILES string of the molecule is CNC(=O)c1cnn(C)c1C(C)C. The molecule has 0 aliphatic carbocycles. The minimum absolute atomic E-state index is 0.0724. The molecule has 4 heteroatoms. The lowest BCUT2D eigenvalue weighted by Crippen LogP contribution is -2.19. The van der Waals surface area contributed by atoms with Crippen LogP contribution >= 0.6 is 0 Å². The number of aryl methyl sites for hydroxylation is 1. The van der Waals surface area contributed by atoms with Gasteiger partial charge in [0.2, 0.25) is 0 Å². The van der Waals surface area contributed by atoms with Gasteiger partial charge in [-0.15, -0.1) is 0 Å². The van der Waals surface area contributed by atoms with Crippen molar-refractivity contribution in [2.45, 2.75) is 19.8 Å². The second-order valence-electron chi connectivity index (χ2n) is 3.30. The van der Waals surface area contributed by atoms with E-state index in [1.807, 2.05) is 20.9 Å². The van der Waals surface area contributed by atoms with E-state index >= 15 is 0 Å². The van der Waals surface area contributed by atoms with Crippen LogP contribution in [0.1, 0.15) is 35.8 Å². The lowest BCUT2D eigenvalue weighted by Gasteiger charge is -2.08. The summed E-state index contributed by atoms with van der Waals surface area (Å²) in [4.78, 5) is 11.4. The summed E-state index contributed by atoms with van der Waals surface area (Å²) in [5, 5.41) is 6.66. The molecular weight excluding hydrogens is 166 g/mol. The van der Waals surface area contributed by atoms with Gasteiger partial charge in [-0.3, -0.25) is 9.48 Å². The largest absolute Gasteiger partial charge is 0.355 e. The molecule has 0 atom stereocenters. The zero-order valence-electron chi connectivity index (χ0n) is 8.46. The van der Waals surface area contributed by atoms with E-state index in [0.717, 1.165) is 5.69 Å². The van der Waals surface area contributed by atoms with Crippen molar-refractivity contribution >= 4 is 5.91 Å². The third kappa shape index (κ3) is 1.71. The smallest absolute Gasteiger partial charge is 0.254 e. The lowest BCUT2D eigenvalue weighted by molar-refractivity contribution is 0.0961. The molecule has 1 aromatic heterocycles. The van der Waals surface area contributed by atoms with E-state index in [0.29, 0.717) is 11.5 Å². The zero-order chi connectivity index (χ0) is 10.0. The predicted octanol–water partition coefficient (Wildman–Crippen LogP) is 0.903. The molecule has 1 N–H and O–H groups in total. The summed E-state index contributed by atoms with van der Waals surface area (Å²) in [7, 11) is 3.47. The zero-order valence-corrected chi connectivity index (χ0v) is 8.46. The van der Waals surface area contributed by atoms with Crippen molar-refractivity contribution in [3.63, 3.8) is 0 Å². The minimum Gasteiger partial charge on any atom is -0.355 e. The number of amides is 1. The van der Waals surface area contributed by atoms with Crippen molar-refractivity contribution in [3.8, 4) is 0 Å². The van der Waals surface area contributed by atoms with Gasteiger partial charge in [-0.05, 0) is 5.92 Å². The van der Waals surface area contributed by atoms with Crippen molar-refractivity contribution in [1.29, 1.82) is 0 Å². The van der Waals surface area contributed by atoms with Gasteiger partial charge < -0.3 is 5.32 Å². The number of nitrogens with zero attached hydrogens (tertiary/aromatic N) is 2. The Morgan fingerprint density at radius 3 is 2.69 bits per heavy atom. The summed E-state index contributed by atoms with van der Waals surface area (Å²) >= 11 is 0. The van der Waals surface area contributed by atoms with Crippen LogP contribution in [0.15, 0.2) is 6.20 Å². The molecule has 0 saturated carbocycles. The van der Waals surface area contributed by atoms with Gasteiger partial charge in [-0.2, -0.15) is 5.10 Å². The van der Waals surface area contributed by atoms with Gasteiger partial charge in [0.1, 0.15) is 0 Å². The number of rotatable bonds is 2. The van der Waals surface area contributed by atoms with Crippen LogP contribution in [-0.2, 0) is 7.05 Å². The molecule has 1 amide bonds. The molecule has 0 bridgehead atoms. The van der Waals surface area contributed by atoms with Crippen LogP contribution in [0.3, 0.4) is 0 Å². The maximum absolute atomic E-state index is 11.4. The topological polar surface area (TPSA) is 46.9 Å². The average molecular weight is 181 g/mol. The Hall–Kier alpha value is -1.32. The second-order valence-corrected chi connectivity index (χ2v) is 3.30. The molecule has 0 aliphatic heterocycles. The fourth-order valence-electron chi connectivity index (χ4n) is 1.44. The quantitative estimate of drug-likeness (QED) is 0.737. The third-order valence-electron chi connectivity index (χ3n) is 2.00. The van der Waals surface area contributed by atoms with E-state index in [9.17, 15) is 4.79 Å². The van der Waals surface area contributed by atoms with Crippen LogP contribution in [0, 0.1) is 0 Å². The van der Waals surface area contributed by atoms with Gasteiger partial charge >= 0.3 is 0 Å². The normalized spacial score (nSPS) is 10.5. The van der Waals surface area contributed by atoms with Gasteiger partial charge in [-0.25, -0.2) is 0 Å². The molecule has 0 unspecified atom stereocenters. The summed E-state index contributed by atoms with van der Waals surface area (Å²) in [6, 6.07) is 0. The van der Waals surface area contributed by atoms with Crippen LogP contribution in [0.2, 0.25) is 0 Å². The summed E-state index contributed by atoms with van der Waals surface area (Å²) in [6.07, 6.45) is 1.61. The number of hydrogen-bond acceptors (Lipinski definition) is 2. The highest BCUT2D eigenvalue weighted by atomic mass is 16.1. The molecular formula is C9H15N3O. The van der Waals surface area contributed by atoms with Crippen LogP contribution < -0.4 is 5.32 Å². The fourth-order valence-corrected chi connectivity index (χ4v) is 1.44. The number of aromatic nitrogens is 2. The molecule has 0 radical (unpaired) electrons. The van der Waals surface area contributed by atoms with Gasteiger partial charge in [0.25, 0.3) is 5.91 Å². The first kappa shape index (κ1) is 9.77. The van der Waals surface area contributed by atoms with E-state index in [-0.39, 0.29) is 5.91 Å². The van der Waals surface area contributed by atoms with Crippen molar-refractivity contribution in [1.82, 2.24) is 15.1 Å². The van der Waals surface area contributed by atoms with Gasteiger partial charge in [-0.1, -0.05) is 13.8 Å². The molecule has 0 aromatic carbocycles. The van der Waals surface area contributed by atoms with Gasteiger partial charge in [0.05, 0.1) is 17.5 Å². The van der Waals surface area contributed by atoms with Gasteiger partial charge in [0.15, 0.2) is 0 Å². The van der Waals surface area contributed by atoms with Crippen LogP contribution in [0.25, 0.3) is 0 Å². The minimum atomic E-state index is -0.0724. The Balaban J connectivity index is 3.15. The Morgan fingerprint density at radius 2 is 2.23 bits per heavy atom. The molecule has 4 nitrogen and oxygen atoms in total. The van der Waals surface area contributed by atoms with E-state index in [1.54, 1.807) is 17.9 Å². The molecule has 13 heavy (non-hydrogen) atoms. The average Bonchev–Trinajstić information content (AvgIpc) is 2.45. The lowest BCUT2D eigenvalue weighted by atomic mass is 10.1. The van der Waals surface area contributed by atoms with Crippen molar-refractivity contribution in [3.05, 3.63) is 17.5 Å². The number of carbonyl (C=O) groups excluding carboxylic acids is 1. The van der Waals surface area contributed by atoms with E-state index in [1.165, 1.54) is 0 Å². The van der Waals surface area contributed by atoms with E-state index < -0.39 is 0 Å². The van der Waals surface area contributed by atoms with E-state index in [2.05, 4.69) is 10.4 Å². The summed E-state index contributed by atoms with van der Waals surface area (Å²) in [5.74, 6) is 0.233. The summed E-state index contributed by atoms with van der Waals surface area (Å²) < 4.78 is 1.75. The Kier molecular flexibility index (Phi) is 2.70. The predicted molar refractivity (Wildman–Crippen MR) is 50.7 cm³/mol. The molecule has 0 aliphatic rings. The molecule has 1 heterocycles. The number of carbonyl (C=O) groups is 1. The van der Waals surface area contributed by atoms with Crippen molar-refractivity contribution in [2.24, 2.45) is 7.05 Å². The van der Waals surface area contributed by atoms with Crippen molar-refractivity contribution in [2.75, 3.05) is 7.05 Å². The summed E-state index contributed by atoms with van der Waals surface area (Å²) in [6.45, 7) is 4.09. The first-order chi connectivity index (χ1) is 6.07.